The first-order valence-corrected chi connectivity index (χ1v) is 4.39. The summed E-state index contributed by atoms with van der Waals surface area (Å²) in [7, 11) is -3.02. The van der Waals surface area contributed by atoms with Crippen molar-refractivity contribution >= 4 is 12.7 Å². The third kappa shape index (κ3) is 6.50. The molecule has 0 bridgehead atoms. The average molecular weight is 346 g/mol. The SMILES string of the molecule is [K+].[K+].[O-]B([O-])/C=C(/c1ccc(F)c(F)c1F)C(F)(F)F. The van der Waals surface area contributed by atoms with Crippen LogP contribution in [-0.2, 0) is 0 Å². The van der Waals surface area contributed by atoms with E-state index in [1.54, 1.807) is 0 Å². The predicted octanol–water partition coefficient (Wildman–Crippen LogP) is -5.19. The van der Waals surface area contributed by atoms with Gasteiger partial charge in [0, 0.05) is 11.1 Å². The number of hydrogen-bond acceptors (Lipinski definition) is 2. The summed E-state index contributed by atoms with van der Waals surface area (Å²) in [5, 5.41) is 20.4. The molecule has 20 heavy (non-hydrogen) atoms. The first-order valence-electron chi connectivity index (χ1n) is 4.39. The molecule has 0 aliphatic rings. The summed E-state index contributed by atoms with van der Waals surface area (Å²) in [5.41, 5.74) is -3.33. The minimum atomic E-state index is -5.24. The van der Waals surface area contributed by atoms with Crippen molar-refractivity contribution in [3.8, 4) is 0 Å². The molecule has 0 heterocycles. The van der Waals surface area contributed by atoms with Crippen molar-refractivity contribution in [1.82, 2.24) is 0 Å². The van der Waals surface area contributed by atoms with E-state index in [-0.39, 0.29) is 115 Å². The molecule has 0 fully saturated rings. The van der Waals surface area contributed by atoms with Crippen LogP contribution in [0.1, 0.15) is 5.56 Å². The van der Waals surface area contributed by atoms with Crippen molar-refractivity contribution in [2.45, 2.75) is 6.18 Å². The Labute approximate surface area is 195 Å². The maximum atomic E-state index is 13.1. The molecule has 0 N–H and O–H groups in total. The first kappa shape index (κ1) is 24.1. The molecule has 0 saturated carbocycles. The summed E-state index contributed by atoms with van der Waals surface area (Å²) in [4.78, 5) is 0. The van der Waals surface area contributed by atoms with Crippen LogP contribution in [0.2, 0.25) is 0 Å². The number of rotatable bonds is 2. The van der Waals surface area contributed by atoms with E-state index in [4.69, 9.17) is 0 Å². The van der Waals surface area contributed by atoms with E-state index < -0.39 is 41.9 Å². The second-order valence-corrected chi connectivity index (χ2v) is 3.17. The Morgan fingerprint density at radius 2 is 1.50 bits per heavy atom. The van der Waals surface area contributed by atoms with Crippen LogP contribution < -0.4 is 113 Å². The van der Waals surface area contributed by atoms with E-state index in [2.05, 4.69) is 0 Å². The Morgan fingerprint density at radius 1 is 1.00 bits per heavy atom. The number of allylic oxidation sites excluding steroid dienone is 1. The molecule has 0 saturated heterocycles. The second kappa shape index (κ2) is 9.83. The quantitative estimate of drug-likeness (QED) is 0.305. The molecular weight excluding hydrogens is 343 g/mol. The van der Waals surface area contributed by atoms with Crippen LogP contribution in [0.15, 0.2) is 18.1 Å². The molecule has 0 aromatic heterocycles. The van der Waals surface area contributed by atoms with E-state index in [9.17, 15) is 36.4 Å². The fourth-order valence-electron chi connectivity index (χ4n) is 1.21. The van der Waals surface area contributed by atoms with Gasteiger partial charge in [-0.2, -0.15) is 13.2 Å². The molecule has 0 atom stereocenters. The topological polar surface area (TPSA) is 46.1 Å². The zero-order valence-corrected chi connectivity index (χ0v) is 16.6. The Balaban J connectivity index is 0. The fourth-order valence-corrected chi connectivity index (χ4v) is 1.21. The van der Waals surface area contributed by atoms with Gasteiger partial charge in [-0.25, -0.2) is 13.2 Å². The normalized spacial score (nSPS) is 11.5. The maximum absolute atomic E-state index is 13.1. The van der Waals surface area contributed by atoms with E-state index in [1.165, 1.54) is 0 Å². The summed E-state index contributed by atoms with van der Waals surface area (Å²) in [6.07, 6.45) is -5.24. The van der Waals surface area contributed by atoms with E-state index in [0.717, 1.165) is 0 Å². The number of benzene rings is 1. The van der Waals surface area contributed by atoms with Crippen LogP contribution in [0.3, 0.4) is 0 Å². The third-order valence-corrected chi connectivity index (χ3v) is 1.93. The van der Waals surface area contributed by atoms with Crippen LogP contribution in [0.25, 0.3) is 5.57 Å². The maximum Gasteiger partial charge on any atom is 1.00 e. The van der Waals surface area contributed by atoms with Gasteiger partial charge in [-0.15, -0.1) is 5.98 Å². The van der Waals surface area contributed by atoms with Crippen LogP contribution in [0, 0.1) is 17.5 Å². The minimum absolute atomic E-state index is 0. The van der Waals surface area contributed by atoms with Gasteiger partial charge in [0.2, 0.25) is 0 Å². The molecule has 1 rings (SSSR count). The minimum Gasteiger partial charge on any atom is -0.890 e. The van der Waals surface area contributed by atoms with Crippen molar-refractivity contribution in [1.29, 1.82) is 0 Å². The third-order valence-electron chi connectivity index (χ3n) is 1.93. The summed E-state index contributed by atoms with van der Waals surface area (Å²) < 4.78 is 75.8. The van der Waals surface area contributed by atoms with Gasteiger partial charge in [0.1, 0.15) is 0 Å². The molecule has 0 spiro atoms. The summed E-state index contributed by atoms with van der Waals surface area (Å²) in [6, 6.07) is 0.563. The van der Waals surface area contributed by atoms with Crippen molar-refractivity contribution in [2.24, 2.45) is 0 Å². The number of hydrogen-bond donors (Lipinski definition) is 0. The molecule has 2 nitrogen and oxygen atoms in total. The zero-order valence-electron chi connectivity index (χ0n) is 10.4. The molecule has 0 radical (unpaired) electrons. The van der Waals surface area contributed by atoms with Crippen LogP contribution >= 0.6 is 0 Å². The molecule has 11 heteroatoms. The largest absolute Gasteiger partial charge is 1.00 e. The monoisotopic (exact) mass is 346 g/mol. The molecule has 98 valence electrons. The number of alkyl halides is 3. The van der Waals surface area contributed by atoms with Gasteiger partial charge in [0.25, 0.3) is 0 Å². The van der Waals surface area contributed by atoms with Gasteiger partial charge in [0.05, 0.1) is 0 Å². The van der Waals surface area contributed by atoms with Crippen LogP contribution in [-0.4, -0.2) is 13.3 Å². The Bertz CT molecular complexity index is 492. The Kier molecular flexibility index (Phi) is 11.8. The van der Waals surface area contributed by atoms with Crippen LogP contribution in [0.5, 0.6) is 0 Å². The van der Waals surface area contributed by atoms with Crippen molar-refractivity contribution in [2.75, 3.05) is 0 Å². The summed E-state index contributed by atoms with van der Waals surface area (Å²) in [6.45, 7) is 0. The average Bonchev–Trinajstić information content (AvgIpc) is 2.22. The van der Waals surface area contributed by atoms with Crippen molar-refractivity contribution in [3.63, 3.8) is 0 Å². The molecule has 0 unspecified atom stereocenters. The van der Waals surface area contributed by atoms with Crippen molar-refractivity contribution in [3.05, 3.63) is 41.1 Å². The van der Waals surface area contributed by atoms with Gasteiger partial charge >= 0.3 is 109 Å². The first-order chi connectivity index (χ1) is 8.14. The predicted molar refractivity (Wildman–Crippen MR) is 46.1 cm³/mol. The summed E-state index contributed by atoms with van der Waals surface area (Å²) in [5.74, 6) is -6.26. The molecular formula is C9H3BF6K2O2. The Morgan fingerprint density at radius 3 is 1.90 bits per heavy atom. The standard InChI is InChI=1S/C9H3BF6O2.2K/c11-6-2-1-4(7(12)8(6)13)5(3-10(17)18)9(14,15)16;;/h1-3H;;/q-2;2*+1/b5-3-;;. The van der Waals surface area contributed by atoms with Gasteiger partial charge in [-0.05, 0) is 12.1 Å². The van der Waals surface area contributed by atoms with Gasteiger partial charge < -0.3 is 10.0 Å². The second-order valence-electron chi connectivity index (χ2n) is 3.17. The van der Waals surface area contributed by atoms with E-state index in [1.807, 2.05) is 0 Å². The van der Waals surface area contributed by atoms with Gasteiger partial charge in [-0.1, -0.05) is 7.12 Å². The van der Waals surface area contributed by atoms with Crippen LogP contribution in [0.4, 0.5) is 26.3 Å². The van der Waals surface area contributed by atoms with E-state index >= 15 is 0 Å². The van der Waals surface area contributed by atoms with Gasteiger partial charge in [0.15, 0.2) is 17.5 Å². The van der Waals surface area contributed by atoms with Gasteiger partial charge in [-0.3, -0.25) is 0 Å². The molecule has 0 amide bonds. The zero-order chi connectivity index (χ0) is 14.1. The molecule has 0 aliphatic carbocycles. The van der Waals surface area contributed by atoms with Crippen molar-refractivity contribution < 1.29 is 139 Å². The molecule has 0 aliphatic heterocycles. The number of halogens is 6. The fraction of sp³-hybridized carbons (Fsp3) is 0.111. The molecule has 1 aromatic rings. The summed E-state index contributed by atoms with van der Waals surface area (Å²) >= 11 is 0. The Hall–Kier alpha value is 1.80. The van der Waals surface area contributed by atoms with E-state index in [0.29, 0.717) is 6.07 Å². The smallest absolute Gasteiger partial charge is 0.890 e. The molecule has 1 aromatic carbocycles.